The van der Waals surface area contributed by atoms with Crippen LogP contribution in [0, 0.1) is 5.41 Å². The number of halogens is 1. The van der Waals surface area contributed by atoms with Gasteiger partial charge in [-0.3, -0.25) is 9.59 Å². The van der Waals surface area contributed by atoms with E-state index in [2.05, 4.69) is 26.9 Å². The van der Waals surface area contributed by atoms with Gasteiger partial charge in [-0.05, 0) is 47.2 Å². The lowest BCUT2D eigenvalue weighted by Crippen LogP contribution is -2.55. The van der Waals surface area contributed by atoms with Crippen LogP contribution in [-0.4, -0.2) is 25.0 Å². The Bertz CT molecular complexity index is 1140. The van der Waals surface area contributed by atoms with E-state index in [1.807, 2.05) is 66.7 Å². The molecule has 3 aromatic rings. The first kappa shape index (κ1) is 22.7. The molecular weight excluding hydrogens is 494 g/mol. The first-order chi connectivity index (χ1) is 16.5. The van der Waals surface area contributed by atoms with Crippen LogP contribution < -0.4 is 4.90 Å². The highest BCUT2D eigenvalue weighted by Crippen LogP contribution is 2.44. The second kappa shape index (κ2) is 9.63. The molecule has 0 aromatic heterocycles. The van der Waals surface area contributed by atoms with Crippen LogP contribution in [-0.2, 0) is 45.1 Å². The fraction of sp³-hybridized carbons (Fsp3) is 0.286. The van der Waals surface area contributed by atoms with Crippen molar-refractivity contribution in [3.63, 3.8) is 0 Å². The molecule has 0 unspecified atom stereocenters. The molecule has 0 saturated carbocycles. The molecule has 2 aliphatic heterocycles. The number of hydrogen-bond donors (Lipinski definition) is 0. The highest BCUT2D eigenvalue weighted by atomic mass is 79.9. The van der Waals surface area contributed by atoms with Gasteiger partial charge in [0.05, 0.1) is 0 Å². The molecule has 0 N–H and O–H groups in total. The van der Waals surface area contributed by atoms with Gasteiger partial charge in [-0.2, -0.15) is 0 Å². The zero-order valence-electron chi connectivity index (χ0n) is 18.8. The Morgan fingerprint density at radius 2 is 1.41 bits per heavy atom. The van der Waals surface area contributed by atoms with Crippen molar-refractivity contribution in [2.45, 2.75) is 32.5 Å². The van der Waals surface area contributed by atoms with Gasteiger partial charge in [0, 0.05) is 29.7 Å². The normalized spacial score (nSPS) is 15.9. The standard InChI is InChI=1S/C28H26BrNO4/c29-24-14-22-12-7-13-30-19-28(16-23(15-24)25(22)30,26(31)33-17-20-8-3-1-4-9-20)27(32)34-18-21-10-5-2-6-11-21/h1-6,8-11,14-15H,7,12-13,16-19H2. The Balaban J connectivity index is 1.46. The zero-order valence-corrected chi connectivity index (χ0v) is 20.4. The molecule has 6 heteroatoms. The van der Waals surface area contributed by atoms with Crippen molar-refractivity contribution in [1.82, 2.24) is 0 Å². The van der Waals surface area contributed by atoms with Gasteiger partial charge in [-0.25, -0.2) is 0 Å². The summed E-state index contributed by atoms with van der Waals surface area (Å²) in [6, 6.07) is 23.2. The van der Waals surface area contributed by atoms with Gasteiger partial charge in [0.25, 0.3) is 0 Å². The van der Waals surface area contributed by atoms with Gasteiger partial charge in [0.2, 0.25) is 0 Å². The number of anilines is 1. The number of carbonyl (C=O) groups excluding carboxylic acids is 2. The number of esters is 2. The van der Waals surface area contributed by atoms with Gasteiger partial charge in [0.15, 0.2) is 5.41 Å². The van der Waals surface area contributed by atoms with Gasteiger partial charge in [0.1, 0.15) is 13.2 Å². The molecule has 0 radical (unpaired) electrons. The van der Waals surface area contributed by atoms with Crippen LogP contribution >= 0.6 is 15.9 Å². The van der Waals surface area contributed by atoms with E-state index in [0.717, 1.165) is 46.2 Å². The molecule has 174 valence electrons. The summed E-state index contributed by atoms with van der Waals surface area (Å²) < 4.78 is 12.5. The number of aryl methyl sites for hydroxylation is 1. The fourth-order valence-corrected chi connectivity index (χ4v) is 5.52. The van der Waals surface area contributed by atoms with Crippen molar-refractivity contribution in [3.05, 3.63) is 99.5 Å². The van der Waals surface area contributed by atoms with Gasteiger partial charge < -0.3 is 14.4 Å². The van der Waals surface area contributed by atoms with Gasteiger partial charge >= 0.3 is 11.9 Å². The average Bonchev–Trinajstić information content (AvgIpc) is 2.86. The van der Waals surface area contributed by atoms with Crippen LogP contribution in [0.15, 0.2) is 77.3 Å². The Labute approximate surface area is 207 Å². The van der Waals surface area contributed by atoms with E-state index in [-0.39, 0.29) is 26.2 Å². The van der Waals surface area contributed by atoms with Crippen LogP contribution in [0.4, 0.5) is 5.69 Å². The van der Waals surface area contributed by atoms with Crippen molar-refractivity contribution >= 4 is 33.6 Å². The SMILES string of the molecule is O=C(OCc1ccccc1)C1(C(=O)OCc2ccccc2)Cc2cc(Br)cc3c2N(CCC3)C1. The van der Waals surface area contributed by atoms with E-state index in [9.17, 15) is 9.59 Å². The first-order valence-corrected chi connectivity index (χ1v) is 12.3. The molecule has 5 rings (SSSR count). The molecule has 0 atom stereocenters. The van der Waals surface area contributed by atoms with E-state index in [0.29, 0.717) is 0 Å². The summed E-state index contributed by atoms with van der Waals surface area (Å²) in [4.78, 5) is 29.5. The Kier molecular flexibility index (Phi) is 6.42. The van der Waals surface area contributed by atoms with Crippen molar-refractivity contribution in [2.75, 3.05) is 18.0 Å². The number of carbonyl (C=O) groups is 2. The van der Waals surface area contributed by atoms with Crippen molar-refractivity contribution in [1.29, 1.82) is 0 Å². The molecule has 0 amide bonds. The number of benzene rings is 3. The van der Waals surface area contributed by atoms with Crippen molar-refractivity contribution < 1.29 is 19.1 Å². The third-order valence-electron chi connectivity index (χ3n) is 6.58. The Hall–Kier alpha value is -3.12. The van der Waals surface area contributed by atoms with Crippen LogP contribution in [0.1, 0.15) is 28.7 Å². The first-order valence-electron chi connectivity index (χ1n) is 11.5. The third-order valence-corrected chi connectivity index (χ3v) is 7.04. The number of hydrogen-bond acceptors (Lipinski definition) is 5. The summed E-state index contributed by atoms with van der Waals surface area (Å²) in [5.41, 5.74) is 3.71. The third kappa shape index (κ3) is 4.47. The van der Waals surface area contributed by atoms with E-state index in [1.165, 1.54) is 5.56 Å². The molecule has 34 heavy (non-hydrogen) atoms. The van der Waals surface area contributed by atoms with Crippen LogP contribution in [0.2, 0.25) is 0 Å². The fourth-order valence-electron chi connectivity index (χ4n) is 4.97. The highest BCUT2D eigenvalue weighted by Gasteiger charge is 2.54. The maximum atomic E-state index is 13.6. The summed E-state index contributed by atoms with van der Waals surface area (Å²) in [7, 11) is 0. The molecular formula is C28H26BrNO4. The second-order valence-corrected chi connectivity index (χ2v) is 9.90. The maximum Gasteiger partial charge on any atom is 0.326 e. The molecule has 2 aliphatic rings. The van der Waals surface area contributed by atoms with E-state index in [1.54, 1.807) is 0 Å². The van der Waals surface area contributed by atoms with E-state index >= 15 is 0 Å². The minimum atomic E-state index is -1.42. The lowest BCUT2D eigenvalue weighted by Gasteiger charge is -2.44. The van der Waals surface area contributed by atoms with E-state index < -0.39 is 17.4 Å². The predicted molar refractivity (Wildman–Crippen MR) is 133 cm³/mol. The summed E-state index contributed by atoms with van der Waals surface area (Å²) in [6.07, 6.45) is 2.21. The Morgan fingerprint density at radius 1 is 0.853 bits per heavy atom. The summed E-state index contributed by atoms with van der Waals surface area (Å²) in [5, 5.41) is 0. The number of ether oxygens (including phenoxy) is 2. The van der Waals surface area contributed by atoms with Crippen molar-refractivity contribution in [2.24, 2.45) is 5.41 Å². The molecule has 0 spiro atoms. The highest BCUT2D eigenvalue weighted by molar-refractivity contribution is 9.10. The topological polar surface area (TPSA) is 55.8 Å². The molecule has 0 bridgehead atoms. The maximum absolute atomic E-state index is 13.6. The van der Waals surface area contributed by atoms with Crippen LogP contribution in [0.3, 0.4) is 0 Å². The predicted octanol–water partition coefficient (Wildman–Crippen LogP) is 5.23. The monoisotopic (exact) mass is 519 g/mol. The number of nitrogens with zero attached hydrogens (tertiary/aromatic N) is 1. The van der Waals surface area contributed by atoms with Crippen LogP contribution in [0.25, 0.3) is 0 Å². The molecule has 0 saturated heterocycles. The molecule has 2 heterocycles. The summed E-state index contributed by atoms with van der Waals surface area (Å²) >= 11 is 3.61. The van der Waals surface area contributed by atoms with Crippen molar-refractivity contribution in [3.8, 4) is 0 Å². The molecule has 5 nitrogen and oxygen atoms in total. The second-order valence-electron chi connectivity index (χ2n) is 8.98. The largest absolute Gasteiger partial charge is 0.460 e. The lowest BCUT2D eigenvalue weighted by molar-refractivity contribution is -0.174. The van der Waals surface area contributed by atoms with Gasteiger partial charge in [-0.1, -0.05) is 76.6 Å². The number of rotatable bonds is 6. The molecule has 0 aliphatic carbocycles. The lowest BCUT2D eigenvalue weighted by atomic mass is 9.75. The van der Waals surface area contributed by atoms with Gasteiger partial charge in [-0.15, -0.1) is 0 Å². The Morgan fingerprint density at radius 3 is 2.00 bits per heavy atom. The summed E-state index contributed by atoms with van der Waals surface area (Å²) in [5.74, 6) is -1.07. The molecule has 3 aromatic carbocycles. The summed E-state index contributed by atoms with van der Waals surface area (Å²) in [6.45, 7) is 1.28. The molecule has 0 fully saturated rings. The smallest absolute Gasteiger partial charge is 0.326 e. The minimum Gasteiger partial charge on any atom is -0.460 e. The average molecular weight is 520 g/mol. The van der Waals surface area contributed by atoms with Crippen LogP contribution in [0.5, 0.6) is 0 Å². The van der Waals surface area contributed by atoms with E-state index in [4.69, 9.17) is 9.47 Å². The zero-order chi connectivity index (χ0) is 23.5. The quantitative estimate of drug-likeness (QED) is 0.329. The minimum absolute atomic E-state index is 0.115.